The summed E-state index contributed by atoms with van der Waals surface area (Å²) in [7, 11) is 0. The third-order valence-electron chi connectivity index (χ3n) is 3.55. The molecular weight excluding hydrogens is 282 g/mol. The molecule has 1 unspecified atom stereocenters. The first kappa shape index (κ1) is 14.0. The molecule has 3 nitrogen and oxygen atoms in total. The molecule has 4 heteroatoms. The van der Waals surface area contributed by atoms with Gasteiger partial charge >= 0.3 is 5.97 Å². The van der Waals surface area contributed by atoms with Crippen LogP contribution in [0.2, 0.25) is 0 Å². The van der Waals surface area contributed by atoms with Crippen LogP contribution in [0.1, 0.15) is 27.4 Å². The summed E-state index contributed by atoms with van der Waals surface area (Å²) in [6.45, 7) is 2.33. The smallest absolute Gasteiger partial charge is 0.338 e. The van der Waals surface area contributed by atoms with Gasteiger partial charge in [0.1, 0.15) is 0 Å². The Morgan fingerprint density at radius 1 is 1.33 bits per heavy atom. The minimum Gasteiger partial charge on any atom is -0.461 e. The lowest BCUT2D eigenvalue weighted by Gasteiger charge is -2.12. The normalized spacial score (nSPS) is 16.5. The Morgan fingerprint density at radius 2 is 2.14 bits per heavy atom. The number of carbonyl (C=O) groups excluding carboxylic acids is 1. The summed E-state index contributed by atoms with van der Waals surface area (Å²) < 4.78 is 5.47. The molecule has 2 aromatic rings. The van der Waals surface area contributed by atoms with Gasteiger partial charge in [0, 0.05) is 22.3 Å². The maximum Gasteiger partial charge on any atom is 0.338 e. The molecule has 0 amide bonds. The van der Waals surface area contributed by atoms with Gasteiger partial charge in [-0.3, -0.25) is 0 Å². The Labute approximate surface area is 128 Å². The minimum absolute atomic E-state index is 0.275. The van der Waals surface area contributed by atoms with Crippen molar-refractivity contribution >= 4 is 23.4 Å². The van der Waals surface area contributed by atoms with Crippen molar-refractivity contribution in [3.05, 3.63) is 59.2 Å². The molecule has 1 heterocycles. The summed E-state index contributed by atoms with van der Waals surface area (Å²) in [4.78, 5) is 13.4. The van der Waals surface area contributed by atoms with E-state index in [1.165, 1.54) is 10.5 Å². The Hall–Kier alpha value is -1.94. The predicted molar refractivity (Wildman–Crippen MR) is 85.8 cm³/mol. The average Bonchev–Trinajstić information content (AvgIpc) is 2.87. The quantitative estimate of drug-likeness (QED) is 0.694. The summed E-state index contributed by atoms with van der Waals surface area (Å²) in [6.07, 6.45) is 0. The average molecular weight is 299 g/mol. The molecule has 1 aliphatic heterocycles. The molecule has 0 saturated carbocycles. The lowest BCUT2D eigenvalue weighted by atomic mass is 10.0. The van der Waals surface area contributed by atoms with Crippen molar-refractivity contribution < 1.29 is 9.53 Å². The molecule has 0 fully saturated rings. The fourth-order valence-electron chi connectivity index (χ4n) is 2.56. The highest BCUT2D eigenvalue weighted by Gasteiger charge is 2.24. The van der Waals surface area contributed by atoms with Crippen molar-refractivity contribution in [3.8, 4) is 0 Å². The van der Waals surface area contributed by atoms with Gasteiger partial charge in [0.25, 0.3) is 0 Å². The molecule has 1 aliphatic rings. The number of fused-ring (bicyclic) bond motifs is 1. The van der Waals surface area contributed by atoms with E-state index < -0.39 is 0 Å². The van der Waals surface area contributed by atoms with Gasteiger partial charge in [0.15, 0.2) is 0 Å². The van der Waals surface area contributed by atoms with Gasteiger partial charge in [-0.2, -0.15) is 0 Å². The van der Waals surface area contributed by atoms with E-state index in [0.29, 0.717) is 17.9 Å². The number of benzene rings is 2. The molecule has 1 atom stereocenters. The molecule has 0 bridgehead atoms. The van der Waals surface area contributed by atoms with E-state index in [-0.39, 0.29) is 11.9 Å². The zero-order chi connectivity index (χ0) is 14.8. The zero-order valence-electron chi connectivity index (χ0n) is 11.8. The van der Waals surface area contributed by atoms with Gasteiger partial charge in [-0.05, 0) is 42.3 Å². The molecule has 0 aliphatic carbocycles. The Morgan fingerprint density at radius 3 is 2.95 bits per heavy atom. The Balaban J connectivity index is 1.67. The van der Waals surface area contributed by atoms with Crippen LogP contribution < -0.4 is 5.73 Å². The number of aryl methyl sites for hydroxylation is 1. The standard InChI is InChI=1S/C17H17NO2S/c1-11-6-12(8-14(18)7-11)17(19)20-9-13-10-21-16-5-3-2-4-15(13)16/h2-8,13H,9-10,18H2,1H3. The lowest BCUT2D eigenvalue weighted by Crippen LogP contribution is -2.13. The highest BCUT2D eigenvalue weighted by Crippen LogP contribution is 2.39. The molecule has 3 rings (SSSR count). The highest BCUT2D eigenvalue weighted by molar-refractivity contribution is 7.99. The SMILES string of the molecule is Cc1cc(N)cc(C(=O)OCC2CSc3ccccc32)c1. The van der Waals surface area contributed by atoms with Gasteiger partial charge in [0.2, 0.25) is 0 Å². The largest absolute Gasteiger partial charge is 0.461 e. The topological polar surface area (TPSA) is 52.3 Å². The molecule has 0 aromatic heterocycles. The lowest BCUT2D eigenvalue weighted by molar-refractivity contribution is 0.0487. The second-order valence-corrected chi connectivity index (χ2v) is 6.34. The Kier molecular flexibility index (Phi) is 3.88. The first-order valence-corrected chi connectivity index (χ1v) is 7.88. The molecule has 108 valence electrons. The number of hydrogen-bond acceptors (Lipinski definition) is 4. The van der Waals surface area contributed by atoms with Crippen molar-refractivity contribution in [1.82, 2.24) is 0 Å². The van der Waals surface area contributed by atoms with Crippen molar-refractivity contribution in [3.63, 3.8) is 0 Å². The second kappa shape index (κ2) is 5.82. The van der Waals surface area contributed by atoms with Gasteiger partial charge in [-0.15, -0.1) is 11.8 Å². The van der Waals surface area contributed by atoms with Gasteiger partial charge < -0.3 is 10.5 Å². The highest BCUT2D eigenvalue weighted by atomic mass is 32.2. The number of thioether (sulfide) groups is 1. The van der Waals surface area contributed by atoms with Crippen LogP contribution in [0.3, 0.4) is 0 Å². The van der Waals surface area contributed by atoms with E-state index in [9.17, 15) is 4.79 Å². The third kappa shape index (κ3) is 3.05. The predicted octanol–water partition coefficient (Wildman–Crippen LogP) is 3.62. The van der Waals surface area contributed by atoms with Crippen LogP contribution >= 0.6 is 11.8 Å². The molecule has 0 spiro atoms. The van der Waals surface area contributed by atoms with Crippen LogP contribution in [-0.4, -0.2) is 18.3 Å². The maximum atomic E-state index is 12.1. The molecular formula is C17H17NO2S. The van der Waals surface area contributed by atoms with Crippen LogP contribution in [0.4, 0.5) is 5.69 Å². The minimum atomic E-state index is -0.306. The maximum absolute atomic E-state index is 12.1. The number of hydrogen-bond donors (Lipinski definition) is 1. The van der Waals surface area contributed by atoms with Crippen LogP contribution in [-0.2, 0) is 4.74 Å². The van der Waals surface area contributed by atoms with E-state index in [0.717, 1.165) is 11.3 Å². The molecule has 21 heavy (non-hydrogen) atoms. The van der Waals surface area contributed by atoms with Crippen molar-refractivity contribution in [2.75, 3.05) is 18.1 Å². The first-order valence-electron chi connectivity index (χ1n) is 6.89. The van der Waals surface area contributed by atoms with Gasteiger partial charge in [-0.1, -0.05) is 18.2 Å². The molecule has 0 saturated heterocycles. The second-order valence-electron chi connectivity index (χ2n) is 5.28. The number of nitrogen functional groups attached to an aromatic ring is 1. The first-order chi connectivity index (χ1) is 10.1. The van der Waals surface area contributed by atoms with Crippen molar-refractivity contribution in [2.24, 2.45) is 0 Å². The summed E-state index contributed by atoms with van der Waals surface area (Å²) in [5.74, 6) is 0.930. The van der Waals surface area contributed by atoms with Crippen LogP contribution in [0.15, 0.2) is 47.4 Å². The summed E-state index contributed by atoms with van der Waals surface area (Å²) in [5, 5.41) is 0. The number of rotatable bonds is 3. The Bertz CT molecular complexity index is 664. The zero-order valence-corrected chi connectivity index (χ0v) is 12.7. The molecule has 2 N–H and O–H groups in total. The fourth-order valence-corrected chi connectivity index (χ4v) is 3.79. The van der Waals surface area contributed by atoms with Crippen LogP contribution in [0.25, 0.3) is 0 Å². The van der Waals surface area contributed by atoms with Crippen molar-refractivity contribution in [2.45, 2.75) is 17.7 Å². The number of ether oxygens (including phenoxy) is 1. The summed E-state index contributed by atoms with van der Waals surface area (Å²) >= 11 is 1.82. The van der Waals surface area contributed by atoms with E-state index in [4.69, 9.17) is 10.5 Å². The fraction of sp³-hybridized carbons (Fsp3) is 0.235. The van der Waals surface area contributed by atoms with E-state index in [1.54, 1.807) is 12.1 Å². The van der Waals surface area contributed by atoms with Crippen LogP contribution in [0, 0.1) is 6.92 Å². The summed E-state index contributed by atoms with van der Waals surface area (Å²) in [6, 6.07) is 13.6. The van der Waals surface area contributed by atoms with Gasteiger partial charge in [0.05, 0.1) is 12.2 Å². The monoisotopic (exact) mass is 299 g/mol. The third-order valence-corrected chi connectivity index (χ3v) is 4.80. The number of carbonyl (C=O) groups is 1. The molecule has 2 aromatic carbocycles. The van der Waals surface area contributed by atoms with Gasteiger partial charge in [-0.25, -0.2) is 4.79 Å². The van der Waals surface area contributed by atoms with E-state index in [1.807, 2.05) is 36.9 Å². The number of nitrogens with two attached hydrogens (primary N) is 1. The van der Waals surface area contributed by atoms with E-state index >= 15 is 0 Å². The molecule has 0 radical (unpaired) electrons. The van der Waals surface area contributed by atoms with E-state index in [2.05, 4.69) is 12.1 Å². The van der Waals surface area contributed by atoms with Crippen molar-refractivity contribution in [1.29, 1.82) is 0 Å². The number of anilines is 1. The number of esters is 1. The van der Waals surface area contributed by atoms with Crippen LogP contribution in [0.5, 0.6) is 0 Å². The summed E-state index contributed by atoms with van der Waals surface area (Å²) in [5.41, 5.74) is 9.11.